The van der Waals surface area contributed by atoms with Gasteiger partial charge in [-0.3, -0.25) is 0 Å². The summed E-state index contributed by atoms with van der Waals surface area (Å²) in [4.78, 5) is 0. The monoisotopic (exact) mass is 190 g/mol. The van der Waals surface area contributed by atoms with Crippen molar-refractivity contribution in [1.82, 2.24) is 0 Å². The molecule has 0 saturated heterocycles. The Morgan fingerprint density at radius 3 is 1.92 bits per heavy atom. The maximum Gasteiger partial charge on any atom is 0.0834 e. The molecule has 0 amide bonds. The van der Waals surface area contributed by atoms with E-state index in [-0.39, 0.29) is 12.2 Å². The average molecular weight is 190 g/mol. The third-order valence-electron chi connectivity index (χ3n) is 2.14. The summed E-state index contributed by atoms with van der Waals surface area (Å²) in [5, 5.41) is 0. The Bertz CT molecular complexity index is 102. The van der Waals surface area contributed by atoms with Crippen molar-refractivity contribution >= 4 is 0 Å². The summed E-state index contributed by atoms with van der Waals surface area (Å²) in [7, 11) is 3.41. The second-order valence-corrected chi connectivity index (χ2v) is 2.99. The summed E-state index contributed by atoms with van der Waals surface area (Å²) in [6, 6.07) is 0. The first kappa shape index (κ1) is 12.9. The number of methoxy groups -OCH3 is 2. The number of hydrogen-bond acceptors (Lipinski definition) is 3. The molecule has 0 aliphatic carbocycles. The van der Waals surface area contributed by atoms with E-state index in [9.17, 15) is 0 Å². The lowest BCUT2D eigenvalue weighted by molar-refractivity contribution is -0.0696. The van der Waals surface area contributed by atoms with Crippen molar-refractivity contribution in [3.8, 4) is 0 Å². The highest BCUT2D eigenvalue weighted by molar-refractivity contribution is 4.67. The summed E-state index contributed by atoms with van der Waals surface area (Å²) in [5.74, 6) is 0. The van der Waals surface area contributed by atoms with E-state index in [4.69, 9.17) is 14.2 Å². The molecule has 0 N–H and O–H groups in total. The molecule has 0 bridgehead atoms. The predicted molar refractivity (Wildman–Crippen MR) is 53.0 cm³/mol. The minimum absolute atomic E-state index is 0.199. The molecule has 0 radical (unpaired) electrons. The van der Waals surface area contributed by atoms with Crippen LogP contribution in [0.3, 0.4) is 0 Å². The molecule has 0 fully saturated rings. The van der Waals surface area contributed by atoms with Crippen LogP contribution in [0.15, 0.2) is 0 Å². The highest BCUT2D eigenvalue weighted by atomic mass is 16.5. The van der Waals surface area contributed by atoms with Crippen LogP contribution in [0, 0.1) is 0 Å². The molecule has 0 aliphatic heterocycles. The topological polar surface area (TPSA) is 27.7 Å². The minimum atomic E-state index is 0.199. The molecule has 0 aliphatic rings. The van der Waals surface area contributed by atoms with Gasteiger partial charge in [-0.15, -0.1) is 0 Å². The van der Waals surface area contributed by atoms with Crippen LogP contribution in [0.4, 0.5) is 0 Å². The van der Waals surface area contributed by atoms with Crippen molar-refractivity contribution in [2.45, 2.75) is 38.9 Å². The van der Waals surface area contributed by atoms with E-state index in [0.717, 1.165) is 12.8 Å². The van der Waals surface area contributed by atoms with E-state index in [2.05, 4.69) is 13.8 Å². The Morgan fingerprint density at radius 1 is 0.923 bits per heavy atom. The van der Waals surface area contributed by atoms with Gasteiger partial charge < -0.3 is 14.2 Å². The molecule has 80 valence electrons. The molecule has 2 atom stereocenters. The molecule has 0 rings (SSSR count). The number of rotatable bonds is 8. The lowest BCUT2D eigenvalue weighted by Gasteiger charge is -2.24. The molecule has 0 spiro atoms. The van der Waals surface area contributed by atoms with E-state index in [1.54, 1.807) is 14.2 Å². The second kappa shape index (κ2) is 8.48. The zero-order valence-electron chi connectivity index (χ0n) is 9.21. The predicted octanol–water partition coefficient (Wildman–Crippen LogP) is 1.85. The van der Waals surface area contributed by atoms with Crippen LogP contribution in [-0.4, -0.2) is 39.6 Å². The van der Waals surface area contributed by atoms with E-state index in [1.807, 2.05) is 0 Å². The van der Waals surface area contributed by atoms with Gasteiger partial charge in [-0.25, -0.2) is 0 Å². The summed E-state index contributed by atoms with van der Waals surface area (Å²) in [6.45, 7) is 5.52. The smallest absolute Gasteiger partial charge is 0.0834 e. The standard InChI is InChI=1S/C10H22O3/c1-5-9(12-4)10(6-2)13-8-7-11-3/h9-10H,5-8H2,1-4H3. The van der Waals surface area contributed by atoms with E-state index < -0.39 is 0 Å². The van der Waals surface area contributed by atoms with Crippen molar-refractivity contribution in [3.63, 3.8) is 0 Å². The molecule has 13 heavy (non-hydrogen) atoms. The molecular weight excluding hydrogens is 168 g/mol. The maximum atomic E-state index is 5.63. The largest absolute Gasteiger partial charge is 0.382 e. The first-order valence-corrected chi connectivity index (χ1v) is 4.93. The molecule has 2 unspecified atom stereocenters. The van der Waals surface area contributed by atoms with Gasteiger partial charge in [-0.2, -0.15) is 0 Å². The molecular formula is C10H22O3. The molecule has 3 nitrogen and oxygen atoms in total. The maximum absolute atomic E-state index is 5.63. The van der Waals surface area contributed by atoms with Crippen molar-refractivity contribution in [3.05, 3.63) is 0 Å². The third kappa shape index (κ3) is 5.24. The fraction of sp³-hybridized carbons (Fsp3) is 1.00. The summed E-state index contributed by atoms with van der Waals surface area (Å²) < 4.78 is 15.9. The van der Waals surface area contributed by atoms with Gasteiger partial charge in [0.15, 0.2) is 0 Å². The molecule has 0 aromatic heterocycles. The lowest BCUT2D eigenvalue weighted by Crippen LogP contribution is -2.30. The summed E-state index contributed by atoms with van der Waals surface area (Å²) in [5.41, 5.74) is 0. The van der Waals surface area contributed by atoms with Crippen LogP contribution >= 0.6 is 0 Å². The van der Waals surface area contributed by atoms with E-state index in [1.165, 1.54) is 0 Å². The van der Waals surface area contributed by atoms with Gasteiger partial charge in [0.25, 0.3) is 0 Å². The normalized spacial score (nSPS) is 15.7. The molecule has 0 heterocycles. The molecule has 0 saturated carbocycles. The van der Waals surface area contributed by atoms with Crippen molar-refractivity contribution in [2.24, 2.45) is 0 Å². The van der Waals surface area contributed by atoms with Gasteiger partial charge in [-0.05, 0) is 12.8 Å². The van der Waals surface area contributed by atoms with Gasteiger partial charge >= 0.3 is 0 Å². The van der Waals surface area contributed by atoms with Crippen LogP contribution in [0.25, 0.3) is 0 Å². The first-order valence-electron chi connectivity index (χ1n) is 4.93. The fourth-order valence-corrected chi connectivity index (χ4v) is 1.35. The Hall–Kier alpha value is -0.120. The van der Waals surface area contributed by atoms with Crippen molar-refractivity contribution in [1.29, 1.82) is 0 Å². The zero-order chi connectivity index (χ0) is 10.1. The van der Waals surface area contributed by atoms with Gasteiger partial charge in [0.2, 0.25) is 0 Å². The first-order chi connectivity index (χ1) is 6.29. The van der Waals surface area contributed by atoms with Crippen LogP contribution in [0.1, 0.15) is 26.7 Å². The molecule has 0 aromatic carbocycles. The Morgan fingerprint density at radius 2 is 1.54 bits per heavy atom. The average Bonchev–Trinajstić information content (AvgIpc) is 2.17. The highest BCUT2D eigenvalue weighted by Crippen LogP contribution is 2.10. The van der Waals surface area contributed by atoms with Gasteiger partial charge in [0.1, 0.15) is 0 Å². The van der Waals surface area contributed by atoms with Gasteiger partial charge in [-0.1, -0.05) is 13.8 Å². The van der Waals surface area contributed by atoms with E-state index >= 15 is 0 Å². The SMILES string of the molecule is CCC(OC)C(CC)OCCOC. The number of hydrogen-bond donors (Lipinski definition) is 0. The number of ether oxygens (including phenoxy) is 3. The van der Waals surface area contributed by atoms with Crippen molar-refractivity contribution in [2.75, 3.05) is 27.4 Å². The van der Waals surface area contributed by atoms with Gasteiger partial charge in [0.05, 0.1) is 25.4 Å². The van der Waals surface area contributed by atoms with E-state index in [0.29, 0.717) is 13.2 Å². The highest BCUT2D eigenvalue weighted by Gasteiger charge is 2.17. The Labute approximate surface area is 81.4 Å². The Balaban J connectivity index is 3.71. The zero-order valence-corrected chi connectivity index (χ0v) is 9.21. The summed E-state index contributed by atoms with van der Waals surface area (Å²) >= 11 is 0. The van der Waals surface area contributed by atoms with Crippen LogP contribution in [0.5, 0.6) is 0 Å². The van der Waals surface area contributed by atoms with Crippen molar-refractivity contribution < 1.29 is 14.2 Å². The Kier molecular flexibility index (Phi) is 8.40. The molecule has 3 heteroatoms. The van der Waals surface area contributed by atoms with Gasteiger partial charge in [0, 0.05) is 14.2 Å². The fourth-order valence-electron chi connectivity index (χ4n) is 1.35. The van der Waals surface area contributed by atoms with Crippen LogP contribution in [-0.2, 0) is 14.2 Å². The summed E-state index contributed by atoms with van der Waals surface area (Å²) in [6.07, 6.45) is 2.38. The minimum Gasteiger partial charge on any atom is -0.382 e. The quantitative estimate of drug-likeness (QED) is 0.547. The van der Waals surface area contributed by atoms with Crippen LogP contribution in [0.2, 0.25) is 0 Å². The lowest BCUT2D eigenvalue weighted by atomic mass is 10.1. The second-order valence-electron chi connectivity index (χ2n) is 2.99. The van der Waals surface area contributed by atoms with Crippen LogP contribution < -0.4 is 0 Å². The molecule has 0 aromatic rings. The third-order valence-corrected chi connectivity index (χ3v) is 2.14.